The van der Waals surface area contributed by atoms with Crippen molar-refractivity contribution in [2.45, 2.75) is 6.54 Å². The molecule has 0 atom stereocenters. The number of nitrogens with zero attached hydrogens (tertiary/aromatic N) is 2. The van der Waals surface area contributed by atoms with Gasteiger partial charge in [0.25, 0.3) is 0 Å². The first-order valence-electron chi connectivity index (χ1n) is 6.41. The maximum absolute atomic E-state index is 10.5. The van der Waals surface area contributed by atoms with Gasteiger partial charge in [-0.1, -0.05) is 18.2 Å². The van der Waals surface area contributed by atoms with Crippen molar-refractivity contribution in [3.8, 4) is 5.69 Å². The predicted octanol–water partition coefficient (Wildman–Crippen LogP) is 0.464. The third-order valence-electron chi connectivity index (χ3n) is 2.65. The van der Waals surface area contributed by atoms with E-state index in [0.29, 0.717) is 19.7 Å². The van der Waals surface area contributed by atoms with E-state index in [1.54, 1.807) is 0 Å². The lowest BCUT2D eigenvalue weighted by Gasteiger charge is -2.03. The van der Waals surface area contributed by atoms with Gasteiger partial charge in [0.05, 0.1) is 18.5 Å². The van der Waals surface area contributed by atoms with Crippen LogP contribution in [-0.4, -0.2) is 35.4 Å². The summed E-state index contributed by atoms with van der Waals surface area (Å²) in [6.45, 7) is 1.78. The van der Waals surface area contributed by atoms with Crippen LogP contribution in [0.5, 0.6) is 0 Å². The van der Waals surface area contributed by atoms with E-state index in [1.807, 2.05) is 47.4 Å². The Labute approximate surface area is 117 Å². The molecule has 0 spiro atoms. The van der Waals surface area contributed by atoms with E-state index < -0.39 is 5.91 Å². The van der Waals surface area contributed by atoms with Crippen molar-refractivity contribution in [1.29, 1.82) is 0 Å². The Kier molecular flexibility index (Phi) is 5.28. The van der Waals surface area contributed by atoms with Crippen LogP contribution < -0.4 is 11.1 Å². The molecule has 6 nitrogen and oxygen atoms in total. The molecule has 0 aliphatic heterocycles. The zero-order valence-electron chi connectivity index (χ0n) is 11.2. The minimum Gasteiger partial charge on any atom is -0.370 e. The van der Waals surface area contributed by atoms with Gasteiger partial charge in [-0.05, 0) is 12.1 Å². The predicted molar refractivity (Wildman–Crippen MR) is 75.3 cm³/mol. The number of carbonyl (C=O) groups is 1. The standard InChI is InChI=1S/C14H18N4O2/c15-14(19)11-20-7-6-16-8-12-9-17-18(10-12)13-4-2-1-3-5-13/h1-5,9-10,16H,6-8,11H2,(H2,15,19). The number of rotatable bonds is 8. The highest BCUT2D eigenvalue weighted by Gasteiger charge is 2.00. The van der Waals surface area contributed by atoms with Crippen LogP contribution in [0.2, 0.25) is 0 Å². The number of hydrogen-bond acceptors (Lipinski definition) is 4. The lowest BCUT2D eigenvalue weighted by atomic mass is 10.3. The van der Waals surface area contributed by atoms with Crippen molar-refractivity contribution in [1.82, 2.24) is 15.1 Å². The van der Waals surface area contributed by atoms with Gasteiger partial charge in [0.2, 0.25) is 5.91 Å². The molecule has 1 aromatic carbocycles. The molecule has 1 heterocycles. The van der Waals surface area contributed by atoms with Crippen LogP contribution in [0.15, 0.2) is 42.7 Å². The number of amides is 1. The second-order valence-electron chi connectivity index (χ2n) is 4.32. The van der Waals surface area contributed by atoms with Crippen LogP contribution in [0.1, 0.15) is 5.56 Å². The summed E-state index contributed by atoms with van der Waals surface area (Å²) in [4.78, 5) is 10.5. The molecule has 0 saturated carbocycles. The Morgan fingerprint density at radius 3 is 2.90 bits per heavy atom. The highest BCUT2D eigenvalue weighted by atomic mass is 16.5. The largest absolute Gasteiger partial charge is 0.370 e. The van der Waals surface area contributed by atoms with E-state index in [2.05, 4.69) is 10.4 Å². The number of para-hydroxylation sites is 1. The monoisotopic (exact) mass is 274 g/mol. The first-order chi connectivity index (χ1) is 9.75. The summed E-state index contributed by atoms with van der Waals surface area (Å²) in [6, 6.07) is 9.93. The van der Waals surface area contributed by atoms with Crippen LogP contribution in [-0.2, 0) is 16.1 Å². The van der Waals surface area contributed by atoms with Crippen LogP contribution in [0.25, 0.3) is 5.69 Å². The Balaban J connectivity index is 1.72. The molecule has 0 saturated heterocycles. The summed E-state index contributed by atoms with van der Waals surface area (Å²) in [7, 11) is 0. The highest BCUT2D eigenvalue weighted by molar-refractivity contribution is 5.74. The number of benzene rings is 1. The van der Waals surface area contributed by atoms with Gasteiger partial charge in [-0.3, -0.25) is 4.79 Å². The molecular formula is C14H18N4O2. The smallest absolute Gasteiger partial charge is 0.243 e. The minimum atomic E-state index is -0.450. The minimum absolute atomic E-state index is 0.0341. The van der Waals surface area contributed by atoms with Gasteiger partial charge in [-0.25, -0.2) is 4.68 Å². The summed E-state index contributed by atoms with van der Waals surface area (Å²) >= 11 is 0. The summed E-state index contributed by atoms with van der Waals surface area (Å²) in [5.41, 5.74) is 7.08. The summed E-state index contributed by atoms with van der Waals surface area (Å²) in [5.74, 6) is -0.450. The Bertz CT molecular complexity index is 539. The van der Waals surface area contributed by atoms with Crippen molar-refractivity contribution < 1.29 is 9.53 Å². The lowest BCUT2D eigenvalue weighted by molar-refractivity contribution is -0.122. The number of aromatic nitrogens is 2. The fourth-order valence-electron chi connectivity index (χ4n) is 1.72. The third-order valence-corrected chi connectivity index (χ3v) is 2.65. The second kappa shape index (κ2) is 7.42. The first kappa shape index (κ1) is 14.2. The van der Waals surface area contributed by atoms with Crippen LogP contribution in [0.4, 0.5) is 0 Å². The maximum Gasteiger partial charge on any atom is 0.243 e. The fraction of sp³-hybridized carbons (Fsp3) is 0.286. The molecule has 1 amide bonds. The first-order valence-corrected chi connectivity index (χ1v) is 6.41. The average molecular weight is 274 g/mol. The molecule has 3 N–H and O–H groups in total. The van der Waals surface area contributed by atoms with Gasteiger partial charge in [-0.15, -0.1) is 0 Å². The van der Waals surface area contributed by atoms with Crippen molar-refractivity contribution in [3.63, 3.8) is 0 Å². The van der Waals surface area contributed by atoms with E-state index in [1.165, 1.54) is 0 Å². The highest BCUT2D eigenvalue weighted by Crippen LogP contribution is 2.07. The Morgan fingerprint density at radius 1 is 1.35 bits per heavy atom. The molecule has 6 heteroatoms. The molecule has 2 rings (SSSR count). The summed E-state index contributed by atoms with van der Waals surface area (Å²) < 4.78 is 6.88. The molecule has 0 aliphatic rings. The second-order valence-corrected chi connectivity index (χ2v) is 4.32. The van der Waals surface area contributed by atoms with E-state index in [9.17, 15) is 4.79 Å². The SMILES string of the molecule is NC(=O)COCCNCc1cnn(-c2ccccc2)c1. The van der Waals surface area contributed by atoms with Crippen LogP contribution in [0, 0.1) is 0 Å². The van der Waals surface area contributed by atoms with Crippen LogP contribution >= 0.6 is 0 Å². The normalized spacial score (nSPS) is 10.6. The molecule has 106 valence electrons. The lowest BCUT2D eigenvalue weighted by Crippen LogP contribution is -2.23. The van der Waals surface area contributed by atoms with Gasteiger partial charge in [0.15, 0.2) is 0 Å². The summed E-state index contributed by atoms with van der Waals surface area (Å²) in [6.07, 6.45) is 3.80. The number of hydrogen-bond donors (Lipinski definition) is 2. The van der Waals surface area contributed by atoms with Gasteiger partial charge in [0, 0.05) is 24.8 Å². The van der Waals surface area contributed by atoms with Crippen molar-refractivity contribution in [2.75, 3.05) is 19.8 Å². The number of nitrogens with one attached hydrogen (secondary N) is 1. The van der Waals surface area contributed by atoms with Gasteiger partial charge in [0.1, 0.15) is 6.61 Å². The molecule has 0 aliphatic carbocycles. The van der Waals surface area contributed by atoms with Gasteiger partial charge in [-0.2, -0.15) is 5.10 Å². The molecule has 0 bridgehead atoms. The Morgan fingerprint density at radius 2 is 2.15 bits per heavy atom. The van der Waals surface area contributed by atoms with Crippen molar-refractivity contribution in [2.24, 2.45) is 5.73 Å². The quantitative estimate of drug-likeness (QED) is 0.685. The van der Waals surface area contributed by atoms with E-state index >= 15 is 0 Å². The molecule has 0 radical (unpaired) electrons. The zero-order valence-corrected chi connectivity index (χ0v) is 11.2. The molecule has 0 fully saturated rings. The number of nitrogens with two attached hydrogens (primary N) is 1. The van der Waals surface area contributed by atoms with Gasteiger partial charge >= 0.3 is 0 Å². The molecule has 20 heavy (non-hydrogen) atoms. The topological polar surface area (TPSA) is 82.2 Å². The molecular weight excluding hydrogens is 256 g/mol. The molecule has 0 unspecified atom stereocenters. The molecule has 1 aromatic heterocycles. The van der Waals surface area contributed by atoms with E-state index in [0.717, 1.165) is 11.3 Å². The maximum atomic E-state index is 10.5. The van der Waals surface area contributed by atoms with Crippen molar-refractivity contribution >= 4 is 5.91 Å². The number of primary amides is 1. The summed E-state index contributed by atoms with van der Waals surface area (Å²) in [5, 5.41) is 7.52. The molecule has 2 aromatic rings. The number of ether oxygens (including phenoxy) is 1. The average Bonchev–Trinajstić information content (AvgIpc) is 2.92. The number of carbonyl (C=O) groups excluding carboxylic acids is 1. The van der Waals surface area contributed by atoms with E-state index in [4.69, 9.17) is 10.5 Å². The van der Waals surface area contributed by atoms with Crippen molar-refractivity contribution in [3.05, 3.63) is 48.3 Å². The van der Waals surface area contributed by atoms with E-state index in [-0.39, 0.29) is 6.61 Å². The van der Waals surface area contributed by atoms with Crippen LogP contribution in [0.3, 0.4) is 0 Å². The Hall–Kier alpha value is -2.18. The zero-order chi connectivity index (χ0) is 14.2. The fourth-order valence-corrected chi connectivity index (χ4v) is 1.72. The third kappa shape index (κ3) is 4.49. The van der Waals surface area contributed by atoms with Gasteiger partial charge < -0.3 is 15.8 Å².